The van der Waals surface area contributed by atoms with E-state index in [1.54, 1.807) is 0 Å². The number of Topliss-reactive ketones (excluding diaryl/α,β-unsaturated/α-hetero) is 1. The lowest BCUT2D eigenvalue weighted by Crippen LogP contribution is -2.18. The van der Waals surface area contributed by atoms with Crippen LogP contribution in [-0.4, -0.2) is 42.3 Å². The molecule has 0 spiro atoms. The van der Waals surface area contributed by atoms with E-state index in [1.807, 2.05) is 11.8 Å². The number of rotatable bonds is 4. The number of carbonyl (C=O) groups excluding carboxylic acids is 1. The Morgan fingerprint density at radius 2 is 2.23 bits per heavy atom. The van der Waals surface area contributed by atoms with Gasteiger partial charge in [0, 0.05) is 29.9 Å². The summed E-state index contributed by atoms with van der Waals surface area (Å²) in [5, 5.41) is 0.590. The molecule has 13 heavy (non-hydrogen) atoms. The van der Waals surface area contributed by atoms with E-state index in [9.17, 15) is 4.79 Å². The van der Waals surface area contributed by atoms with Gasteiger partial charge in [-0.3, -0.25) is 4.79 Å². The quantitative estimate of drug-likeness (QED) is 0.690. The fourth-order valence-corrected chi connectivity index (χ4v) is 3.08. The summed E-state index contributed by atoms with van der Waals surface area (Å²) in [5.74, 6) is 1.91. The minimum atomic E-state index is 0.298. The SMILES string of the molecule is CC1C(=O)CCC1SCCN(C)C. The highest BCUT2D eigenvalue weighted by atomic mass is 32.2. The van der Waals surface area contributed by atoms with Crippen LogP contribution in [0.2, 0.25) is 0 Å². The monoisotopic (exact) mass is 201 g/mol. The maximum Gasteiger partial charge on any atom is 0.136 e. The van der Waals surface area contributed by atoms with Gasteiger partial charge in [0.25, 0.3) is 0 Å². The molecule has 1 rings (SSSR count). The van der Waals surface area contributed by atoms with Crippen molar-refractivity contribution in [1.29, 1.82) is 0 Å². The van der Waals surface area contributed by atoms with Gasteiger partial charge in [0.1, 0.15) is 5.78 Å². The van der Waals surface area contributed by atoms with E-state index >= 15 is 0 Å². The summed E-state index contributed by atoms with van der Waals surface area (Å²) in [6.45, 7) is 3.19. The zero-order chi connectivity index (χ0) is 9.84. The van der Waals surface area contributed by atoms with Gasteiger partial charge in [0.15, 0.2) is 0 Å². The van der Waals surface area contributed by atoms with Gasteiger partial charge in [0.05, 0.1) is 0 Å². The lowest BCUT2D eigenvalue weighted by molar-refractivity contribution is -0.120. The van der Waals surface area contributed by atoms with E-state index in [0.717, 1.165) is 25.1 Å². The van der Waals surface area contributed by atoms with E-state index in [1.165, 1.54) is 0 Å². The predicted molar refractivity (Wildman–Crippen MR) is 58.2 cm³/mol. The van der Waals surface area contributed by atoms with Gasteiger partial charge < -0.3 is 4.90 Å². The molecular weight excluding hydrogens is 182 g/mol. The van der Waals surface area contributed by atoms with Crippen LogP contribution in [0.5, 0.6) is 0 Å². The fourth-order valence-electron chi connectivity index (χ4n) is 1.58. The number of carbonyl (C=O) groups is 1. The average Bonchev–Trinajstić information content (AvgIpc) is 2.35. The summed E-state index contributed by atoms with van der Waals surface area (Å²) in [6.07, 6.45) is 1.90. The number of thioether (sulfide) groups is 1. The molecule has 0 aromatic heterocycles. The maximum atomic E-state index is 11.3. The van der Waals surface area contributed by atoms with Crippen LogP contribution in [-0.2, 0) is 4.79 Å². The van der Waals surface area contributed by atoms with Crippen molar-refractivity contribution >= 4 is 17.5 Å². The van der Waals surface area contributed by atoms with Crippen LogP contribution in [0.3, 0.4) is 0 Å². The highest BCUT2D eigenvalue weighted by Gasteiger charge is 2.30. The third-order valence-electron chi connectivity index (χ3n) is 2.61. The minimum absolute atomic E-state index is 0.298. The molecule has 0 aromatic carbocycles. The fraction of sp³-hybridized carbons (Fsp3) is 0.900. The second kappa shape index (κ2) is 5.01. The van der Waals surface area contributed by atoms with Crippen LogP contribution >= 0.6 is 11.8 Å². The molecule has 0 heterocycles. The molecule has 3 heteroatoms. The normalized spacial score (nSPS) is 28.8. The van der Waals surface area contributed by atoms with Crippen molar-refractivity contribution in [1.82, 2.24) is 4.90 Å². The largest absolute Gasteiger partial charge is 0.309 e. The summed E-state index contributed by atoms with van der Waals surface area (Å²) in [6, 6.07) is 0. The van der Waals surface area contributed by atoms with Crippen LogP contribution in [0.15, 0.2) is 0 Å². The molecule has 0 amide bonds. The summed E-state index contributed by atoms with van der Waals surface area (Å²) >= 11 is 1.96. The second-order valence-corrected chi connectivity index (χ2v) is 5.35. The van der Waals surface area contributed by atoms with Crippen LogP contribution in [0.1, 0.15) is 19.8 Å². The summed E-state index contributed by atoms with van der Waals surface area (Å²) < 4.78 is 0. The standard InChI is InChI=1S/C10H19NOS/c1-8-9(12)4-5-10(8)13-7-6-11(2)3/h8,10H,4-7H2,1-3H3. The molecule has 0 aliphatic heterocycles. The van der Waals surface area contributed by atoms with Crippen molar-refractivity contribution in [3.8, 4) is 0 Å². The van der Waals surface area contributed by atoms with E-state index in [-0.39, 0.29) is 0 Å². The first-order valence-electron chi connectivity index (χ1n) is 4.90. The average molecular weight is 201 g/mol. The highest BCUT2D eigenvalue weighted by molar-refractivity contribution is 8.00. The lowest BCUT2D eigenvalue weighted by Gasteiger charge is -2.15. The van der Waals surface area contributed by atoms with Gasteiger partial charge in [-0.2, -0.15) is 11.8 Å². The summed E-state index contributed by atoms with van der Waals surface area (Å²) in [5.41, 5.74) is 0. The zero-order valence-corrected chi connectivity index (χ0v) is 9.56. The maximum absolute atomic E-state index is 11.3. The Morgan fingerprint density at radius 1 is 1.54 bits per heavy atom. The van der Waals surface area contributed by atoms with E-state index < -0.39 is 0 Å². The number of ketones is 1. The molecule has 1 aliphatic carbocycles. The predicted octanol–water partition coefficient (Wildman–Crippen LogP) is 1.65. The van der Waals surface area contributed by atoms with Crippen LogP contribution in [0.25, 0.3) is 0 Å². The molecule has 2 nitrogen and oxygen atoms in total. The number of hydrogen-bond donors (Lipinski definition) is 0. The molecule has 1 saturated carbocycles. The van der Waals surface area contributed by atoms with Crippen molar-refractivity contribution in [2.75, 3.05) is 26.4 Å². The molecule has 2 atom stereocenters. The summed E-state index contributed by atoms with van der Waals surface area (Å²) in [4.78, 5) is 13.4. The van der Waals surface area contributed by atoms with Crippen molar-refractivity contribution in [3.63, 3.8) is 0 Å². The third kappa shape index (κ3) is 3.31. The topological polar surface area (TPSA) is 20.3 Å². The van der Waals surface area contributed by atoms with E-state index in [2.05, 4.69) is 25.9 Å². The van der Waals surface area contributed by atoms with Gasteiger partial charge in [-0.25, -0.2) is 0 Å². The van der Waals surface area contributed by atoms with Crippen molar-refractivity contribution in [2.45, 2.75) is 25.0 Å². The van der Waals surface area contributed by atoms with Crippen LogP contribution < -0.4 is 0 Å². The molecule has 0 saturated heterocycles. The molecule has 2 unspecified atom stereocenters. The Morgan fingerprint density at radius 3 is 2.69 bits per heavy atom. The molecule has 76 valence electrons. The molecule has 0 N–H and O–H groups in total. The first-order chi connectivity index (χ1) is 6.11. The van der Waals surface area contributed by atoms with E-state index in [4.69, 9.17) is 0 Å². The van der Waals surface area contributed by atoms with Gasteiger partial charge in [-0.1, -0.05) is 6.92 Å². The van der Waals surface area contributed by atoms with Gasteiger partial charge in [-0.05, 0) is 20.5 Å². The molecule has 0 radical (unpaired) electrons. The Bertz CT molecular complexity index is 182. The second-order valence-electron chi connectivity index (χ2n) is 4.01. The smallest absolute Gasteiger partial charge is 0.136 e. The highest BCUT2D eigenvalue weighted by Crippen LogP contribution is 2.31. The zero-order valence-electron chi connectivity index (χ0n) is 8.75. The third-order valence-corrected chi connectivity index (χ3v) is 4.10. The Balaban J connectivity index is 2.19. The molecule has 0 aromatic rings. The van der Waals surface area contributed by atoms with Crippen molar-refractivity contribution < 1.29 is 4.79 Å². The lowest BCUT2D eigenvalue weighted by atomic mass is 10.1. The van der Waals surface area contributed by atoms with Crippen molar-refractivity contribution in [2.24, 2.45) is 5.92 Å². The molecule has 1 aliphatic rings. The Kier molecular flexibility index (Phi) is 4.26. The van der Waals surface area contributed by atoms with Gasteiger partial charge in [-0.15, -0.1) is 0 Å². The van der Waals surface area contributed by atoms with Gasteiger partial charge in [0.2, 0.25) is 0 Å². The summed E-state index contributed by atoms with van der Waals surface area (Å²) in [7, 11) is 4.17. The molecular formula is C10H19NOS. The molecule has 1 fully saturated rings. The van der Waals surface area contributed by atoms with Crippen molar-refractivity contribution in [3.05, 3.63) is 0 Å². The van der Waals surface area contributed by atoms with Crippen LogP contribution in [0.4, 0.5) is 0 Å². The Hall–Kier alpha value is -0.0200. The minimum Gasteiger partial charge on any atom is -0.309 e. The van der Waals surface area contributed by atoms with Gasteiger partial charge >= 0.3 is 0 Å². The first-order valence-corrected chi connectivity index (χ1v) is 5.95. The first kappa shape index (κ1) is 11.1. The van der Waals surface area contributed by atoms with E-state index in [0.29, 0.717) is 17.0 Å². The number of nitrogens with zero attached hydrogens (tertiary/aromatic N) is 1. The van der Waals surface area contributed by atoms with Crippen LogP contribution in [0, 0.1) is 5.92 Å². The number of hydrogen-bond acceptors (Lipinski definition) is 3. The Labute approximate surface area is 85.1 Å². The molecule has 0 bridgehead atoms.